The Morgan fingerprint density at radius 2 is 2.00 bits per heavy atom. The zero-order valence-electron chi connectivity index (χ0n) is 7.32. The van der Waals surface area contributed by atoms with Gasteiger partial charge in [0.1, 0.15) is 0 Å². The summed E-state index contributed by atoms with van der Waals surface area (Å²) in [7, 11) is 0. The van der Waals surface area contributed by atoms with Gasteiger partial charge in [0, 0.05) is 0 Å². The molecule has 0 spiro atoms. The van der Waals surface area contributed by atoms with Crippen molar-refractivity contribution in [2.45, 2.75) is 12.5 Å². The van der Waals surface area contributed by atoms with Crippen molar-refractivity contribution in [3.63, 3.8) is 0 Å². The number of benzene rings is 1. The molecular formula is C9H12N2O2. The third kappa shape index (κ3) is 1.68. The van der Waals surface area contributed by atoms with Gasteiger partial charge in [-0.25, -0.2) is 10.2 Å². The van der Waals surface area contributed by atoms with Crippen LogP contribution in [0.3, 0.4) is 0 Å². The molecule has 0 saturated heterocycles. The Bertz CT molecular complexity index is 300. The highest BCUT2D eigenvalue weighted by molar-refractivity contribution is 5.80. The van der Waals surface area contributed by atoms with Crippen LogP contribution in [0.1, 0.15) is 12.5 Å². The lowest BCUT2D eigenvalue weighted by molar-refractivity contribution is -0.144. The maximum Gasteiger partial charge on any atom is 0.329 e. The molecule has 0 aliphatic rings. The normalized spacial score (nSPS) is 14.9. The van der Waals surface area contributed by atoms with E-state index in [0.29, 0.717) is 5.56 Å². The van der Waals surface area contributed by atoms with Crippen LogP contribution in [0.15, 0.2) is 30.3 Å². The average Bonchev–Trinajstić information content (AvgIpc) is 2.17. The first-order chi connectivity index (χ1) is 6.11. The molecule has 0 saturated carbocycles. The van der Waals surface area contributed by atoms with Crippen LogP contribution in [0.2, 0.25) is 0 Å². The van der Waals surface area contributed by atoms with Crippen molar-refractivity contribution in [2.75, 3.05) is 0 Å². The summed E-state index contributed by atoms with van der Waals surface area (Å²) >= 11 is 0. The molecule has 4 heteroatoms. The Morgan fingerprint density at radius 3 is 2.38 bits per heavy atom. The molecule has 4 nitrogen and oxygen atoms in total. The van der Waals surface area contributed by atoms with Gasteiger partial charge in [-0.15, -0.1) is 0 Å². The van der Waals surface area contributed by atoms with Gasteiger partial charge in [-0.3, -0.25) is 5.84 Å². The van der Waals surface area contributed by atoms with Crippen molar-refractivity contribution in [1.82, 2.24) is 5.43 Å². The van der Waals surface area contributed by atoms with Crippen molar-refractivity contribution in [3.05, 3.63) is 35.9 Å². The maximum absolute atomic E-state index is 10.9. The fourth-order valence-corrected chi connectivity index (χ4v) is 1.04. The fraction of sp³-hybridized carbons (Fsp3) is 0.222. The summed E-state index contributed by atoms with van der Waals surface area (Å²) in [6, 6.07) is 8.80. The number of aliphatic carboxylic acids is 1. The lowest BCUT2D eigenvalue weighted by atomic mass is 9.93. The van der Waals surface area contributed by atoms with Crippen LogP contribution in [-0.2, 0) is 10.3 Å². The SMILES string of the molecule is C[C@](NN)(C(=O)O)c1ccccc1. The Hall–Kier alpha value is -1.39. The first kappa shape index (κ1) is 9.70. The summed E-state index contributed by atoms with van der Waals surface area (Å²) < 4.78 is 0. The third-order valence-corrected chi connectivity index (χ3v) is 2.07. The number of hydrogen-bond acceptors (Lipinski definition) is 3. The average molecular weight is 180 g/mol. The lowest BCUT2D eigenvalue weighted by Gasteiger charge is -2.23. The molecule has 1 aromatic rings. The molecule has 0 radical (unpaired) electrons. The minimum absolute atomic E-state index is 0.630. The molecule has 1 aromatic carbocycles. The molecule has 0 amide bonds. The highest BCUT2D eigenvalue weighted by Crippen LogP contribution is 2.19. The standard InChI is InChI=1S/C9H12N2O2/c1-9(11-10,8(12)13)7-5-3-2-4-6-7/h2-6,11H,10H2,1H3,(H,12,13)/t9-/m1/s1. The minimum atomic E-state index is -1.22. The molecule has 0 heterocycles. The molecule has 0 fully saturated rings. The van der Waals surface area contributed by atoms with Crippen LogP contribution in [0.25, 0.3) is 0 Å². The Morgan fingerprint density at radius 1 is 1.46 bits per heavy atom. The van der Waals surface area contributed by atoms with E-state index in [1.165, 1.54) is 6.92 Å². The van der Waals surface area contributed by atoms with Crippen molar-refractivity contribution >= 4 is 5.97 Å². The first-order valence-electron chi connectivity index (χ1n) is 3.88. The predicted molar refractivity (Wildman–Crippen MR) is 48.8 cm³/mol. The summed E-state index contributed by atoms with van der Waals surface area (Å²) in [5.74, 6) is 4.21. The van der Waals surface area contributed by atoms with E-state index < -0.39 is 11.5 Å². The summed E-state index contributed by atoms with van der Waals surface area (Å²) in [5, 5.41) is 8.94. The number of nitrogens with one attached hydrogen (secondary N) is 1. The van der Waals surface area contributed by atoms with Crippen molar-refractivity contribution in [2.24, 2.45) is 5.84 Å². The molecule has 70 valence electrons. The zero-order valence-corrected chi connectivity index (χ0v) is 7.32. The molecule has 4 N–H and O–H groups in total. The van der Waals surface area contributed by atoms with E-state index in [0.717, 1.165) is 0 Å². The van der Waals surface area contributed by atoms with Gasteiger partial charge in [-0.05, 0) is 12.5 Å². The molecule has 0 bridgehead atoms. The van der Waals surface area contributed by atoms with Crippen molar-refractivity contribution in [1.29, 1.82) is 0 Å². The van der Waals surface area contributed by atoms with Crippen LogP contribution in [0.5, 0.6) is 0 Å². The van der Waals surface area contributed by atoms with Crippen molar-refractivity contribution in [3.8, 4) is 0 Å². The molecule has 0 unspecified atom stereocenters. The second kappa shape index (κ2) is 3.55. The van der Waals surface area contributed by atoms with E-state index in [2.05, 4.69) is 5.43 Å². The largest absolute Gasteiger partial charge is 0.480 e. The Labute approximate surface area is 76.3 Å². The molecule has 0 aliphatic carbocycles. The summed E-state index contributed by atoms with van der Waals surface area (Å²) in [6.45, 7) is 1.52. The van der Waals surface area contributed by atoms with Gasteiger partial charge in [0.2, 0.25) is 0 Å². The Kier molecular flexibility index (Phi) is 2.65. The van der Waals surface area contributed by atoms with Gasteiger partial charge < -0.3 is 5.11 Å². The predicted octanol–water partition coefficient (Wildman–Crippen LogP) is 0.450. The van der Waals surface area contributed by atoms with Crippen LogP contribution in [0, 0.1) is 0 Å². The van der Waals surface area contributed by atoms with Gasteiger partial charge >= 0.3 is 5.97 Å². The summed E-state index contributed by atoms with van der Waals surface area (Å²) in [4.78, 5) is 10.9. The van der Waals surface area contributed by atoms with Gasteiger partial charge in [0.15, 0.2) is 5.54 Å². The molecule has 1 atom stereocenters. The molecule has 13 heavy (non-hydrogen) atoms. The molecular weight excluding hydrogens is 168 g/mol. The second-order valence-electron chi connectivity index (χ2n) is 2.94. The highest BCUT2D eigenvalue weighted by atomic mass is 16.4. The van der Waals surface area contributed by atoms with Crippen molar-refractivity contribution < 1.29 is 9.90 Å². The fourth-order valence-electron chi connectivity index (χ4n) is 1.04. The Balaban J connectivity index is 3.11. The van der Waals surface area contributed by atoms with Gasteiger partial charge in [-0.2, -0.15) is 0 Å². The molecule has 0 aromatic heterocycles. The topological polar surface area (TPSA) is 75.3 Å². The van der Waals surface area contributed by atoms with Gasteiger partial charge in [0.25, 0.3) is 0 Å². The lowest BCUT2D eigenvalue weighted by Crippen LogP contribution is -2.50. The van der Waals surface area contributed by atoms with Crippen LogP contribution < -0.4 is 11.3 Å². The number of carbonyl (C=O) groups is 1. The van der Waals surface area contributed by atoms with E-state index in [1.54, 1.807) is 24.3 Å². The summed E-state index contributed by atoms with van der Waals surface area (Å²) in [6.07, 6.45) is 0. The monoisotopic (exact) mass is 180 g/mol. The van der Waals surface area contributed by atoms with E-state index in [9.17, 15) is 4.79 Å². The molecule has 0 aliphatic heterocycles. The number of carboxylic acid groups (broad SMARTS) is 1. The van der Waals surface area contributed by atoms with Crippen LogP contribution in [-0.4, -0.2) is 11.1 Å². The van der Waals surface area contributed by atoms with Gasteiger partial charge in [0.05, 0.1) is 0 Å². The number of rotatable bonds is 3. The number of hydrazine groups is 1. The quantitative estimate of drug-likeness (QED) is 0.466. The highest BCUT2D eigenvalue weighted by Gasteiger charge is 2.33. The number of hydrogen-bond donors (Lipinski definition) is 3. The second-order valence-corrected chi connectivity index (χ2v) is 2.94. The smallest absolute Gasteiger partial charge is 0.329 e. The van der Waals surface area contributed by atoms with Crippen LogP contribution in [0.4, 0.5) is 0 Å². The maximum atomic E-state index is 10.9. The van der Waals surface area contributed by atoms with E-state index in [4.69, 9.17) is 10.9 Å². The zero-order chi connectivity index (χ0) is 9.90. The van der Waals surface area contributed by atoms with Gasteiger partial charge in [-0.1, -0.05) is 30.3 Å². The third-order valence-electron chi connectivity index (χ3n) is 2.07. The minimum Gasteiger partial charge on any atom is -0.480 e. The van der Waals surface area contributed by atoms with E-state index in [-0.39, 0.29) is 0 Å². The number of carboxylic acids is 1. The van der Waals surface area contributed by atoms with Crippen LogP contribution >= 0.6 is 0 Å². The number of nitrogens with two attached hydrogens (primary N) is 1. The first-order valence-corrected chi connectivity index (χ1v) is 3.88. The van der Waals surface area contributed by atoms with E-state index >= 15 is 0 Å². The summed E-state index contributed by atoms with van der Waals surface area (Å²) in [5.41, 5.74) is 1.70. The molecule has 1 rings (SSSR count). The van der Waals surface area contributed by atoms with E-state index in [1.807, 2.05) is 6.07 Å².